The Balaban J connectivity index is 3.81. The lowest BCUT2D eigenvalue weighted by atomic mass is 10.3. The molecule has 0 radical (unpaired) electrons. The van der Waals surface area contributed by atoms with Gasteiger partial charge >= 0.3 is 0 Å². The summed E-state index contributed by atoms with van der Waals surface area (Å²) < 4.78 is 0. The van der Waals surface area contributed by atoms with Gasteiger partial charge in [0, 0.05) is 0 Å². The largest absolute Gasteiger partial charge is 0.0747 e. The lowest BCUT2D eigenvalue weighted by Gasteiger charge is -1.75. The third kappa shape index (κ3) is 7.30. The second-order valence-electron chi connectivity index (χ2n) is 2.26. The number of unbranched alkanes of at least 4 members (excludes halogenated alkanes) is 1. The Morgan fingerprint density at radius 1 is 1.44 bits per heavy atom. The quantitative estimate of drug-likeness (QED) is 0.494. The van der Waals surface area contributed by atoms with E-state index >= 15 is 0 Å². The monoisotopic (exact) mass is 122 g/mol. The maximum Gasteiger partial charge on any atom is -0.0261 e. The molecule has 0 aliphatic carbocycles. The minimum atomic E-state index is 1.11. The van der Waals surface area contributed by atoms with Crippen LogP contribution in [-0.2, 0) is 0 Å². The summed E-state index contributed by atoms with van der Waals surface area (Å²) in [5.74, 6) is 0. The molecular weight excluding hydrogens is 108 g/mol. The lowest BCUT2D eigenvalue weighted by Crippen LogP contribution is -1.56. The number of allylic oxidation sites excluding steroid dienone is 2. The number of rotatable bonds is 2. The molecule has 0 aromatic heterocycles. The second-order valence-corrected chi connectivity index (χ2v) is 2.26. The van der Waals surface area contributed by atoms with Crippen molar-refractivity contribution in [2.24, 2.45) is 0 Å². The molecule has 0 N–H and O–H groups in total. The van der Waals surface area contributed by atoms with Crippen LogP contribution >= 0.6 is 0 Å². The molecule has 0 heteroatoms. The fourth-order valence-electron chi connectivity index (χ4n) is 0.412. The predicted octanol–water partition coefficient (Wildman–Crippen LogP) is 3.06. The van der Waals surface area contributed by atoms with Crippen molar-refractivity contribution in [3.63, 3.8) is 0 Å². The zero-order valence-electron chi connectivity index (χ0n) is 6.49. The van der Waals surface area contributed by atoms with Gasteiger partial charge in [0.15, 0.2) is 0 Å². The van der Waals surface area contributed by atoms with Crippen molar-refractivity contribution < 1.29 is 0 Å². The third-order valence-corrected chi connectivity index (χ3v) is 0.857. The number of hydrogen-bond donors (Lipinski definition) is 0. The minimum absolute atomic E-state index is 1.11. The van der Waals surface area contributed by atoms with Crippen LogP contribution < -0.4 is 0 Å². The third-order valence-electron chi connectivity index (χ3n) is 0.857. The van der Waals surface area contributed by atoms with Gasteiger partial charge in [0.2, 0.25) is 0 Å². The van der Waals surface area contributed by atoms with Gasteiger partial charge in [0.05, 0.1) is 0 Å². The van der Waals surface area contributed by atoms with Crippen LogP contribution in [0.25, 0.3) is 0 Å². The smallest absolute Gasteiger partial charge is 0.0261 e. The van der Waals surface area contributed by atoms with Crippen molar-refractivity contribution in [1.82, 2.24) is 0 Å². The normalized spacial score (nSPS) is 7.44. The van der Waals surface area contributed by atoms with Gasteiger partial charge in [-0.3, -0.25) is 0 Å². The Bertz CT molecular complexity index is 147. The number of hydrogen-bond acceptors (Lipinski definition) is 0. The summed E-state index contributed by atoms with van der Waals surface area (Å²) in [5, 5.41) is 0. The van der Waals surface area contributed by atoms with Crippen molar-refractivity contribution >= 4 is 0 Å². The highest BCUT2D eigenvalue weighted by Gasteiger charge is 1.67. The van der Waals surface area contributed by atoms with E-state index in [4.69, 9.17) is 0 Å². The van der Waals surface area contributed by atoms with E-state index in [0.717, 1.165) is 6.42 Å². The molecule has 0 saturated heterocycles. The highest BCUT2D eigenvalue weighted by atomic mass is 13.7. The van der Waals surface area contributed by atoms with Crippen molar-refractivity contribution in [1.29, 1.82) is 0 Å². The molecule has 0 fully saturated rings. The van der Waals surface area contributed by atoms with Gasteiger partial charge in [-0.15, -0.1) is 0 Å². The molecule has 0 bridgehead atoms. The van der Waals surface area contributed by atoms with Crippen LogP contribution in [0.2, 0.25) is 0 Å². The van der Waals surface area contributed by atoms with Crippen molar-refractivity contribution in [3.05, 3.63) is 23.1 Å². The van der Waals surface area contributed by atoms with Gasteiger partial charge < -0.3 is 0 Å². The van der Waals surface area contributed by atoms with Crippen LogP contribution in [0.15, 0.2) is 23.1 Å². The van der Waals surface area contributed by atoms with E-state index < -0.39 is 0 Å². The minimum Gasteiger partial charge on any atom is -0.0747 e. The molecule has 0 heterocycles. The van der Waals surface area contributed by atoms with Crippen LogP contribution in [-0.4, -0.2) is 0 Å². The Hall–Kier alpha value is -0.700. The summed E-state index contributed by atoms with van der Waals surface area (Å²) in [6.07, 6.45) is 4.32. The average molecular weight is 122 g/mol. The molecule has 0 nitrogen and oxygen atoms in total. The fourth-order valence-corrected chi connectivity index (χ4v) is 0.412. The summed E-state index contributed by atoms with van der Waals surface area (Å²) in [6.45, 7) is 6.19. The maximum absolute atomic E-state index is 2.99. The van der Waals surface area contributed by atoms with Crippen LogP contribution in [0.5, 0.6) is 0 Å². The average Bonchev–Trinajstić information content (AvgIpc) is 1.80. The molecule has 50 valence electrons. The van der Waals surface area contributed by atoms with Gasteiger partial charge in [-0.05, 0) is 31.9 Å². The predicted molar refractivity (Wildman–Crippen MR) is 41.4 cm³/mol. The van der Waals surface area contributed by atoms with Gasteiger partial charge in [-0.1, -0.05) is 24.8 Å². The SMILES string of the molecule is CCCC=C=C=C(C)C. The van der Waals surface area contributed by atoms with Crippen LogP contribution in [0.3, 0.4) is 0 Å². The topological polar surface area (TPSA) is 0 Å². The summed E-state index contributed by atoms with van der Waals surface area (Å²) in [6, 6.07) is 0. The van der Waals surface area contributed by atoms with E-state index in [1.54, 1.807) is 0 Å². The van der Waals surface area contributed by atoms with E-state index in [0.29, 0.717) is 0 Å². The van der Waals surface area contributed by atoms with Crippen LogP contribution in [0.4, 0.5) is 0 Å². The van der Waals surface area contributed by atoms with Gasteiger partial charge in [0.1, 0.15) is 0 Å². The first kappa shape index (κ1) is 8.30. The lowest BCUT2D eigenvalue weighted by molar-refractivity contribution is 0.960. The molecule has 9 heavy (non-hydrogen) atoms. The van der Waals surface area contributed by atoms with Gasteiger partial charge in [-0.25, -0.2) is 0 Å². The Labute approximate surface area is 57.6 Å². The van der Waals surface area contributed by atoms with E-state index in [9.17, 15) is 0 Å². The van der Waals surface area contributed by atoms with Crippen LogP contribution in [0, 0.1) is 0 Å². The molecule has 0 rings (SSSR count). The molecule has 0 aliphatic heterocycles. The van der Waals surface area contributed by atoms with E-state index in [2.05, 4.69) is 18.4 Å². The van der Waals surface area contributed by atoms with Crippen molar-refractivity contribution in [3.8, 4) is 0 Å². The van der Waals surface area contributed by atoms with Crippen molar-refractivity contribution in [2.45, 2.75) is 33.6 Å². The first-order valence-electron chi connectivity index (χ1n) is 3.40. The maximum atomic E-state index is 2.99. The Kier molecular flexibility index (Phi) is 5.01. The molecule has 0 amide bonds. The van der Waals surface area contributed by atoms with Crippen LogP contribution in [0.1, 0.15) is 33.6 Å². The Morgan fingerprint density at radius 2 is 2.11 bits per heavy atom. The highest BCUT2D eigenvalue weighted by molar-refractivity contribution is 4.94. The summed E-state index contributed by atoms with van der Waals surface area (Å²) in [5.41, 5.74) is 7.15. The zero-order chi connectivity index (χ0) is 7.11. The molecule has 0 atom stereocenters. The first-order valence-corrected chi connectivity index (χ1v) is 3.40. The molecule has 0 aromatic rings. The second kappa shape index (κ2) is 5.44. The molecule has 0 aliphatic rings. The zero-order valence-corrected chi connectivity index (χ0v) is 6.49. The molecule has 0 saturated carbocycles. The van der Waals surface area contributed by atoms with E-state index in [1.165, 1.54) is 12.0 Å². The molecule has 0 unspecified atom stereocenters. The summed E-state index contributed by atoms with van der Waals surface area (Å²) >= 11 is 0. The molecular formula is C9H14. The Morgan fingerprint density at radius 3 is 2.56 bits per heavy atom. The highest BCUT2D eigenvalue weighted by Crippen LogP contribution is 1.86. The van der Waals surface area contributed by atoms with Gasteiger partial charge in [0.25, 0.3) is 0 Å². The van der Waals surface area contributed by atoms with Crippen molar-refractivity contribution in [2.75, 3.05) is 0 Å². The fraction of sp³-hybridized carbons (Fsp3) is 0.556. The van der Waals surface area contributed by atoms with E-state index in [-0.39, 0.29) is 0 Å². The van der Waals surface area contributed by atoms with Gasteiger partial charge in [-0.2, -0.15) is 0 Å². The van der Waals surface area contributed by atoms with E-state index in [1.807, 2.05) is 19.9 Å². The molecule has 0 spiro atoms. The summed E-state index contributed by atoms with van der Waals surface area (Å²) in [7, 11) is 0. The molecule has 0 aromatic carbocycles. The summed E-state index contributed by atoms with van der Waals surface area (Å²) in [4.78, 5) is 0. The first-order chi connectivity index (χ1) is 4.27. The standard InChI is InChI=1S/C9H14/c1-4-5-6-7-8-9(2)3/h6H,4-5H2,1-3H3.